The molecule has 4 nitrogen and oxygen atoms in total. The lowest BCUT2D eigenvalue weighted by molar-refractivity contribution is 0.107. The Morgan fingerprint density at radius 2 is 2.08 bits per heavy atom. The van der Waals surface area contributed by atoms with Crippen LogP contribution in [0.1, 0.15) is 0 Å². The Labute approximate surface area is 155 Å². The van der Waals surface area contributed by atoms with Crippen molar-refractivity contribution in [2.24, 2.45) is 0 Å². The van der Waals surface area contributed by atoms with E-state index in [0.29, 0.717) is 33.1 Å². The summed E-state index contributed by atoms with van der Waals surface area (Å²) in [6.45, 7) is 0.315. The van der Waals surface area contributed by atoms with Crippen molar-refractivity contribution < 1.29 is 13.5 Å². The minimum atomic E-state index is -1.24. The molecule has 0 aliphatic carbocycles. The summed E-state index contributed by atoms with van der Waals surface area (Å²) in [4.78, 5) is 17.4. The number of hydrogen-bond donors (Lipinski definition) is 1. The molecule has 0 spiro atoms. The molecule has 2 aromatic carbocycles. The number of ether oxygens (including phenoxy) is 1. The number of thiol groups is 1. The van der Waals surface area contributed by atoms with E-state index in [0.717, 1.165) is 11.0 Å². The molecule has 0 bridgehead atoms. The zero-order valence-electron chi connectivity index (χ0n) is 13.7. The maximum atomic E-state index is 14.6. The second kappa shape index (κ2) is 6.64. The number of rotatable bonds is 2. The van der Waals surface area contributed by atoms with Crippen LogP contribution in [0.5, 0.6) is 0 Å². The lowest BCUT2D eigenvalue weighted by Gasteiger charge is -2.25. The van der Waals surface area contributed by atoms with Crippen molar-refractivity contribution in [1.29, 1.82) is 0 Å². The highest BCUT2D eigenvalue weighted by molar-refractivity contribution is 8.17. The Hall–Kier alpha value is -1.96. The third kappa shape index (κ3) is 2.90. The number of hydrogen-bond acceptors (Lipinski definition) is 3. The molecule has 1 aliphatic heterocycles. The number of aromatic nitrogens is 2. The number of benzene rings is 2. The van der Waals surface area contributed by atoms with Gasteiger partial charge in [-0.1, -0.05) is 11.6 Å². The van der Waals surface area contributed by atoms with Gasteiger partial charge in [0.25, 0.3) is 0 Å². The zero-order chi connectivity index (χ0) is 18.4. The van der Waals surface area contributed by atoms with Crippen LogP contribution in [0.3, 0.4) is 0 Å². The number of halogens is 3. The zero-order valence-corrected chi connectivity index (χ0v) is 15.4. The highest BCUT2D eigenvalue weighted by Crippen LogP contribution is 2.51. The highest BCUT2D eigenvalue weighted by atomic mass is 35.5. The quantitative estimate of drug-likeness (QED) is 0.670. The first-order valence-electron chi connectivity index (χ1n) is 7.92. The van der Waals surface area contributed by atoms with Gasteiger partial charge in [0.05, 0.1) is 18.2 Å². The molecule has 136 valence electrons. The van der Waals surface area contributed by atoms with Crippen molar-refractivity contribution in [2.75, 3.05) is 12.9 Å². The molecule has 8 heteroatoms. The molecule has 4 rings (SSSR count). The molecule has 0 N–H and O–H groups in total. The Kier molecular flexibility index (Phi) is 4.46. The van der Waals surface area contributed by atoms with Crippen molar-refractivity contribution >= 4 is 33.4 Å². The van der Waals surface area contributed by atoms with Gasteiger partial charge in [-0.25, -0.2) is 18.6 Å². The summed E-state index contributed by atoms with van der Waals surface area (Å²) in [6, 6.07) is 7.07. The Morgan fingerprint density at radius 1 is 1.27 bits per heavy atom. The molecule has 1 aromatic heterocycles. The van der Waals surface area contributed by atoms with Crippen LogP contribution >= 0.6 is 22.5 Å². The van der Waals surface area contributed by atoms with E-state index < -0.39 is 22.5 Å². The molecule has 0 radical (unpaired) electrons. The SMILES string of the molecule is CO[C@H]1Cn2c(=O)ncc3cc(Cl)cc(c32)[SH](c2ccc(F)cc2F)C1. The number of nitrogens with zero attached hydrogens (tertiary/aromatic N) is 2. The fourth-order valence-electron chi connectivity index (χ4n) is 3.30. The minimum Gasteiger partial charge on any atom is -0.379 e. The summed E-state index contributed by atoms with van der Waals surface area (Å²) in [5, 5.41) is 1.18. The van der Waals surface area contributed by atoms with Gasteiger partial charge >= 0.3 is 5.69 Å². The topological polar surface area (TPSA) is 44.1 Å². The number of methoxy groups -OCH3 is 1. The smallest absolute Gasteiger partial charge is 0.348 e. The van der Waals surface area contributed by atoms with Crippen LogP contribution in [0.15, 0.2) is 51.1 Å². The maximum absolute atomic E-state index is 14.6. The third-order valence-corrected chi connectivity index (χ3v) is 7.35. The fourth-order valence-corrected chi connectivity index (χ4v) is 6.31. The molecule has 0 amide bonds. The van der Waals surface area contributed by atoms with Gasteiger partial charge in [-0.05, 0) is 24.3 Å². The molecular weight excluding hydrogens is 382 g/mol. The van der Waals surface area contributed by atoms with E-state index in [1.54, 1.807) is 23.8 Å². The standard InChI is InChI=1S/C18H15ClF2N2O2S/c1-25-13-8-23-17-10(7-22-18(23)24)4-11(19)5-16(17)26(9-13)15-3-2-12(20)6-14(15)21/h2-7,13,26H,8-9H2,1H3/t13-/m0/s1. The van der Waals surface area contributed by atoms with Gasteiger partial charge in [-0.2, -0.15) is 10.9 Å². The van der Waals surface area contributed by atoms with E-state index in [1.165, 1.54) is 18.3 Å². The van der Waals surface area contributed by atoms with Crippen LogP contribution in [0.2, 0.25) is 5.02 Å². The maximum Gasteiger partial charge on any atom is 0.348 e. The predicted octanol–water partition coefficient (Wildman–Crippen LogP) is 3.78. The van der Waals surface area contributed by atoms with Crippen LogP contribution in [-0.2, 0) is 11.3 Å². The summed E-state index contributed by atoms with van der Waals surface area (Å²) in [7, 11) is 0.312. The molecule has 26 heavy (non-hydrogen) atoms. The first-order chi connectivity index (χ1) is 12.5. The minimum absolute atomic E-state index is 0.304. The lowest BCUT2D eigenvalue weighted by Crippen LogP contribution is -2.29. The Morgan fingerprint density at radius 3 is 2.81 bits per heavy atom. The molecule has 0 fully saturated rings. The Balaban J connectivity index is 2.05. The average Bonchev–Trinajstić information content (AvgIpc) is 2.76. The van der Waals surface area contributed by atoms with Crippen molar-refractivity contribution in [3.63, 3.8) is 0 Å². The molecule has 1 aliphatic rings. The van der Waals surface area contributed by atoms with E-state index in [-0.39, 0.29) is 11.8 Å². The summed E-state index contributed by atoms with van der Waals surface area (Å²) in [6.07, 6.45) is 1.17. The first kappa shape index (κ1) is 17.5. The fraction of sp³-hybridized carbons (Fsp3) is 0.222. The van der Waals surface area contributed by atoms with Gasteiger partial charge in [0, 0.05) is 45.3 Å². The van der Waals surface area contributed by atoms with Crippen molar-refractivity contribution in [1.82, 2.24) is 9.55 Å². The molecule has 0 saturated carbocycles. The van der Waals surface area contributed by atoms with Crippen molar-refractivity contribution in [3.05, 3.63) is 63.7 Å². The summed E-state index contributed by atoms with van der Waals surface area (Å²) >= 11 is 6.27. The normalized spacial score (nSPS) is 20.9. The average molecular weight is 397 g/mol. The van der Waals surface area contributed by atoms with E-state index in [4.69, 9.17) is 16.3 Å². The largest absolute Gasteiger partial charge is 0.379 e. The molecule has 2 atom stereocenters. The monoisotopic (exact) mass is 396 g/mol. The lowest BCUT2D eigenvalue weighted by atomic mass is 10.2. The van der Waals surface area contributed by atoms with E-state index >= 15 is 0 Å². The van der Waals surface area contributed by atoms with Crippen LogP contribution in [-0.4, -0.2) is 28.5 Å². The first-order valence-corrected chi connectivity index (χ1v) is 9.83. The van der Waals surface area contributed by atoms with Crippen LogP contribution in [0.25, 0.3) is 10.9 Å². The summed E-state index contributed by atoms with van der Waals surface area (Å²) < 4.78 is 35.0. The van der Waals surface area contributed by atoms with Gasteiger partial charge in [0.2, 0.25) is 0 Å². The van der Waals surface area contributed by atoms with Gasteiger partial charge in [0.1, 0.15) is 11.6 Å². The molecule has 0 saturated heterocycles. The predicted molar refractivity (Wildman–Crippen MR) is 98.6 cm³/mol. The summed E-state index contributed by atoms with van der Waals surface area (Å²) in [5.41, 5.74) is 0.295. The van der Waals surface area contributed by atoms with Gasteiger partial charge in [-0.3, -0.25) is 4.57 Å². The van der Waals surface area contributed by atoms with Crippen molar-refractivity contribution in [2.45, 2.75) is 22.4 Å². The second-order valence-electron chi connectivity index (χ2n) is 6.08. The van der Waals surface area contributed by atoms with Gasteiger partial charge in [-0.15, -0.1) is 0 Å². The molecule has 3 aromatic rings. The Bertz CT molecular complexity index is 1070. The molecule has 1 unspecified atom stereocenters. The second-order valence-corrected chi connectivity index (χ2v) is 8.70. The van der Waals surface area contributed by atoms with Crippen LogP contribution < -0.4 is 5.69 Å². The van der Waals surface area contributed by atoms with E-state index in [1.807, 2.05) is 0 Å². The van der Waals surface area contributed by atoms with E-state index in [9.17, 15) is 13.6 Å². The molecule has 2 heterocycles. The third-order valence-electron chi connectivity index (χ3n) is 4.50. The highest BCUT2D eigenvalue weighted by Gasteiger charge is 2.27. The van der Waals surface area contributed by atoms with Gasteiger partial charge in [0.15, 0.2) is 0 Å². The molecular formula is C18H15ClF2N2O2S. The van der Waals surface area contributed by atoms with E-state index in [2.05, 4.69) is 4.98 Å². The van der Waals surface area contributed by atoms with Gasteiger partial charge < -0.3 is 4.74 Å². The van der Waals surface area contributed by atoms with Crippen LogP contribution in [0, 0.1) is 11.6 Å². The van der Waals surface area contributed by atoms with Crippen molar-refractivity contribution in [3.8, 4) is 0 Å². The summed E-state index contributed by atoms with van der Waals surface area (Å²) in [5.74, 6) is -0.745. The van der Waals surface area contributed by atoms with Crippen LogP contribution in [0.4, 0.5) is 8.78 Å².